The number of nitrogens with one attached hydrogen (secondary N) is 1. The first-order chi connectivity index (χ1) is 16.0. The van der Waals surface area contributed by atoms with Crippen LogP contribution in [0.1, 0.15) is 43.7 Å². The van der Waals surface area contributed by atoms with Gasteiger partial charge in [-0.1, -0.05) is 48.5 Å². The number of rotatable bonds is 12. The Morgan fingerprint density at radius 2 is 1.82 bits per heavy atom. The highest BCUT2D eigenvalue weighted by molar-refractivity contribution is 7.89. The van der Waals surface area contributed by atoms with Crippen LogP contribution in [-0.4, -0.2) is 50.6 Å². The maximum absolute atomic E-state index is 12.8. The smallest absolute Gasteiger partial charge is 0.224 e. The number of hydrogen-bond acceptors (Lipinski definition) is 4. The number of amides is 1. The Hall–Kier alpha value is -2.38. The summed E-state index contributed by atoms with van der Waals surface area (Å²) >= 11 is 0. The van der Waals surface area contributed by atoms with E-state index in [1.807, 2.05) is 55.5 Å². The molecule has 2 aromatic rings. The molecular formula is C26H36N2O4S. The minimum atomic E-state index is -3.35. The zero-order chi connectivity index (χ0) is 23.5. The van der Waals surface area contributed by atoms with Crippen molar-refractivity contribution in [1.82, 2.24) is 9.62 Å². The monoisotopic (exact) mass is 472 g/mol. The number of hydrogen-bond donors (Lipinski definition) is 1. The number of benzene rings is 2. The predicted molar refractivity (Wildman–Crippen MR) is 132 cm³/mol. The van der Waals surface area contributed by atoms with Gasteiger partial charge in [-0.2, -0.15) is 0 Å². The van der Waals surface area contributed by atoms with E-state index in [1.165, 1.54) is 4.31 Å². The van der Waals surface area contributed by atoms with Crippen molar-refractivity contribution in [1.29, 1.82) is 0 Å². The summed E-state index contributed by atoms with van der Waals surface area (Å²) < 4.78 is 32.8. The van der Waals surface area contributed by atoms with Crippen molar-refractivity contribution in [2.45, 2.75) is 45.4 Å². The van der Waals surface area contributed by atoms with Gasteiger partial charge in [-0.25, -0.2) is 12.7 Å². The third-order valence-corrected chi connectivity index (χ3v) is 7.98. The van der Waals surface area contributed by atoms with E-state index in [2.05, 4.69) is 11.4 Å². The van der Waals surface area contributed by atoms with E-state index in [0.717, 1.165) is 49.0 Å². The summed E-state index contributed by atoms with van der Waals surface area (Å²) in [7, 11) is -3.35. The second-order valence-corrected chi connectivity index (χ2v) is 10.6. The number of aryl methyl sites for hydroxylation is 2. The molecule has 1 aliphatic rings. The second-order valence-electron chi connectivity index (χ2n) is 8.54. The fourth-order valence-corrected chi connectivity index (χ4v) is 5.86. The normalized spacial score (nSPS) is 16.9. The SMILES string of the molecule is CCOc1ccccc1CCCNC(=O)[C@H]1CCCN(S(=O)(=O)CCCc2ccccc2)C1. The second kappa shape index (κ2) is 12.8. The Morgan fingerprint density at radius 3 is 2.61 bits per heavy atom. The maximum Gasteiger partial charge on any atom is 0.224 e. The Morgan fingerprint density at radius 1 is 1.06 bits per heavy atom. The Labute approximate surface area is 198 Å². The van der Waals surface area contributed by atoms with Crippen molar-refractivity contribution in [3.8, 4) is 5.75 Å². The minimum Gasteiger partial charge on any atom is -0.494 e. The van der Waals surface area contributed by atoms with E-state index in [0.29, 0.717) is 26.1 Å². The van der Waals surface area contributed by atoms with Crippen LogP contribution in [0, 0.1) is 5.92 Å². The van der Waals surface area contributed by atoms with Crippen LogP contribution in [0.25, 0.3) is 0 Å². The van der Waals surface area contributed by atoms with Gasteiger partial charge in [-0.15, -0.1) is 0 Å². The van der Waals surface area contributed by atoms with Crippen molar-refractivity contribution in [2.75, 3.05) is 32.0 Å². The average Bonchev–Trinajstić information content (AvgIpc) is 2.83. The fourth-order valence-electron chi connectivity index (χ4n) is 4.28. The molecule has 0 unspecified atom stereocenters. The molecule has 0 bridgehead atoms. The third-order valence-electron chi connectivity index (χ3n) is 6.05. The van der Waals surface area contributed by atoms with Crippen LogP contribution in [-0.2, 0) is 27.7 Å². The van der Waals surface area contributed by atoms with E-state index in [4.69, 9.17) is 4.74 Å². The van der Waals surface area contributed by atoms with Crippen LogP contribution in [0.15, 0.2) is 54.6 Å². The van der Waals surface area contributed by atoms with Crippen molar-refractivity contribution < 1.29 is 17.9 Å². The molecular weight excluding hydrogens is 436 g/mol. The lowest BCUT2D eigenvalue weighted by Gasteiger charge is -2.31. The molecule has 180 valence electrons. The van der Waals surface area contributed by atoms with Crippen molar-refractivity contribution in [3.05, 3.63) is 65.7 Å². The van der Waals surface area contributed by atoms with E-state index in [-0.39, 0.29) is 24.1 Å². The third kappa shape index (κ3) is 7.86. The molecule has 33 heavy (non-hydrogen) atoms. The van der Waals surface area contributed by atoms with Gasteiger partial charge >= 0.3 is 0 Å². The number of sulfonamides is 1. The van der Waals surface area contributed by atoms with Crippen LogP contribution in [0.4, 0.5) is 0 Å². The molecule has 0 spiro atoms. The van der Waals surface area contributed by atoms with Gasteiger partial charge in [0.15, 0.2) is 0 Å². The Balaban J connectivity index is 1.42. The lowest BCUT2D eigenvalue weighted by molar-refractivity contribution is -0.126. The molecule has 0 aromatic heterocycles. The lowest BCUT2D eigenvalue weighted by Crippen LogP contribution is -2.46. The van der Waals surface area contributed by atoms with Crippen LogP contribution in [0.3, 0.4) is 0 Å². The molecule has 1 heterocycles. The Bertz CT molecular complexity index is 979. The minimum absolute atomic E-state index is 0.0442. The zero-order valence-corrected chi connectivity index (χ0v) is 20.4. The van der Waals surface area contributed by atoms with Crippen molar-refractivity contribution >= 4 is 15.9 Å². The van der Waals surface area contributed by atoms with E-state index >= 15 is 0 Å². The number of piperidine rings is 1. The summed E-state index contributed by atoms with van der Waals surface area (Å²) in [6.45, 7) is 3.95. The quantitative estimate of drug-likeness (QED) is 0.477. The molecule has 6 nitrogen and oxygen atoms in total. The van der Waals surface area contributed by atoms with Crippen LogP contribution in [0.2, 0.25) is 0 Å². The van der Waals surface area contributed by atoms with E-state index < -0.39 is 10.0 Å². The molecule has 0 saturated carbocycles. The summed E-state index contributed by atoms with van der Waals surface area (Å²) in [4.78, 5) is 12.7. The van der Waals surface area contributed by atoms with Gasteiger partial charge < -0.3 is 10.1 Å². The number of carbonyl (C=O) groups is 1. The molecule has 1 amide bonds. The molecule has 1 fully saturated rings. The summed E-state index contributed by atoms with van der Waals surface area (Å²) in [5, 5.41) is 3.01. The maximum atomic E-state index is 12.8. The standard InChI is InChI=1S/C26H36N2O4S/c1-2-32-25-17-7-6-14-23(25)15-8-18-27-26(29)24-16-9-19-28(21-24)33(30,31)20-10-13-22-11-4-3-5-12-22/h3-7,11-12,14,17,24H,2,8-10,13,15-16,18-21H2,1H3,(H,27,29)/t24-/m0/s1. The van der Waals surface area contributed by atoms with Crippen molar-refractivity contribution in [2.24, 2.45) is 5.92 Å². The molecule has 1 saturated heterocycles. The topological polar surface area (TPSA) is 75.7 Å². The lowest BCUT2D eigenvalue weighted by atomic mass is 9.99. The van der Waals surface area contributed by atoms with Gasteiger partial charge in [0.1, 0.15) is 5.75 Å². The molecule has 3 rings (SSSR count). The van der Waals surface area contributed by atoms with Gasteiger partial charge in [0, 0.05) is 19.6 Å². The first-order valence-corrected chi connectivity index (χ1v) is 13.6. The Kier molecular flexibility index (Phi) is 9.76. The van der Waals surface area contributed by atoms with Gasteiger partial charge in [0.05, 0.1) is 18.3 Å². The largest absolute Gasteiger partial charge is 0.494 e. The molecule has 0 aliphatic carbocycles. The zero-order valence-electron chi connectivity index (χ0n) is 19.5. The summed E-state index contributed by atoms with van der Waals surface area (Å²) in [5.74, 6) is 0.692. The first-order valence-electron chi connectivity index (χ1n) is 12.0. The fraction of sp³-hybridized carbons (Fsp3) is 0.500. The van der Waals surface area contributed by atoms with E-state index in [9.17, 15) is 13.2 Å². The molecule has 2 aromatic carbocycles. The van der Waals surface area contributed by atoms with Crippen LogP contribution in [0.5, 0.6) is 5.75 Å². The molecule has 1 aliphatic heterocycles. The van der Waals surface area contributed by atoms with Crippen molar-refractivity contribution in [3.63, 3.8) is 0 Å². The van der Waals surface area contributed by atoms with Gasteiger partial charge in [-0.3, -0.25) is 4.79 Å². The summed E-state index contributed by atoms with van der Waals surface area (Å²) in [6, 6.07) is 17.9. The van der Waals surface area contributed by atoms with Gasteiger partial charge in [0.2, 0.25) is 15.9 Å². The molecule has 1 N–H and O–H groups in total. The van der Waals surface area contributed by atoms with Crippen LogP contribution >= 0.6 is 0 Å². The molecule has 7 heteroatoms. The summed E-state index contributed by atoms with van der Waals surface area (Å²) in [5.41, 5.74) is 2.28. The van der Waals surface area contributed by atoms with Gasteiger partial charge in [-0.05, 0) is 62.6 Å². The molecule has 1 atom stereocenters. The number of ether oxygens (including phenoxy) is 1. The number of nitrogens with zero attached hydrogens (tertiary/aromatic N) is 1. The number of para-hydroxylation sites is 1. The highest BCUT2D eigenvalue weighted by atomic mass is 32.2. The predicted octanol–water partition coefficient (Wildman–Crippen LogP) is 3.81. The average molecular weight is 473 g/mol. The first kappa shape index (κ1) is 25.2. The highest BCUT2D eigenvalue weighted by Gasteiger charge is 2.31. The highest BCUT2D eigenvalue weighted by Crippen LogP contribution is 2.21. The van der Waals surface area contributed by atoms with Gasteiger partial charge in [0.25, 0.3) is 0 Å². The van der Waals surface area contributed by atoms with E-state index in [1.54, 1.807) is 0 Å². The van der Waals surface area contributed by atoms with Crippen LogP contribution < -0.4 is 10.1 Å². The number of carbonyl (C=O) groups excluding carboxylic acids is 1. The summed E-state index contributed by atoms with van der Waals surface area (Å²) in [6.07, 6.45) is 4.41. The molecule has 0 radical (unpaired) electrons.